The number of phenolic OH excluding ortho intramolecular Hbond substituents is 1. The van der Waals surface area contributed by atoms with Gasteiger partial charge in [0.25, 0.3) is 0 Å². The van der Waals surface area contributed by atoms with Gasteiger partial charge in [0.05, 0.1) is 11.8 Å². The lowest BCUT2D eigenvalue weighted by atomic mass is 10.2. The fourth-order valence-electron chi connectivity index (χ4n) is 4.49. The largest absolute Gasteiger partial charge is 0.508 e. The van der Waals surface area contributed by atoms with Crippen LogP contribution in [-0.4, -0.2) is 76.9 Å². The molecule has 1 fully saturated rings. The summed E-state index contributed by atoms with van der Waals surface area (Å²) in [5.41, 5.74) is 4.49. The number of phenols is 1. The molecule has 1 aliphatic rings. The Hall–Kier alpha value is -4.74. The first-order chi connectivity index (χ1) is 17.5. The molecule has 0 bridgehead atoms. The predicted octanol–water partition coefficient (Wildman–Crippen LogP) is 1.99. The SMILES string of the molecule is Cc1ccc2c(c1)nnn2-c1nc(N2CCN(c3ccc(O)cc3)CC2)nc2c1ncn2CC(=O)O. The highest BCUT2D eigenvalue weighted by atomic mass is 16.4. The maximum atomic E-state index is 11.5. The molecule has 5 aromatic rings. The van der Waals surface area contributed by atoms with Gasteiger partial charge in [-0.1, -0.05) is 11.3 Å². The van der Waals surface area contributed by atoms with Crippen molar-refractivity contribution in [2.75, 3.05) is 36.0 Å². The summed E-state index contributed by atoms with van der Waals surface area (Å²) in [5.74, 6) is 0.179. The molecule has 2 N–H and O–H groups in total. The molecule has 3 aromatic heterocycles. The molecule has 2 aromatic carbocycles. The first-order valence-electron chi connectivity index (χ1n) is 11.5. The van der Waals surface area contributed by atoms with Gasteiger partial charge in [-0.15, -0.1) is 5.10 Å². The minimum atomic E-state index is -0.986. The van der Waals surface area contributed by atoms with E-state index in [9.17, 15) is 15.0 Å². The van der Waals surface area contributed by atoms with Gasteiger partial charge in [0.2, 0.25) is 5.95 Å². The number of rotatable bonds is 5. The number of carboxylic acids is 1. The molecule has 0 aliphatic carbocycles. The second-order valence-electron chi connectivity index (χ2n) is 8.77. The van der Waals surface area contributed by atoms with Crippen molar-refractivity contribution in [2.24, 2.45) is 0 Å². The molecular weight excluding hydrogens is 462 g/mol. The molecule has 1 saturated heterocycles. The van der Waals surface area contributed by atoms with Crippen LogP contribution in [0.1, 0.15) is 5.56 Å². The van der Waals surface area contributed by atoms with Crippen molar-refractivity contribution in [2.45, 2.75) is 13.5 Å². The number of imidazole rings is 1. The van der Waals surface area contributed by atoms with Crippen molar-refractivity contribution in [1.29, 1.82) is 0 Å². The van der Waals surface area contributed by atoms with Crippen molar-refractivity contribution in [3.8, 4) is 11.6 Å². The van der Waals surface area contributed by atoms with Crippen LogP contribution in [-0.2, 0) is 11.3 Å². The molecule has 12 heteroatoms. The van der Waals surface area contributed by atoms with E-state index < -0.39 is 5.97 Å². The molecule has 0 unspecified atom stereocenters. The van der Waals surface area contributed by atoms with Gasteiger partial charge in [-0.25, -0.2) is 4.98 Å². The predicted molar refractivity (Wildman–Crippen MR) is 133 cm³/mol. The summed E-state index contributed by atoms with van der Waals surface area (Å²) in [6.07, 6.45) is 1.47. The van der Waals surface area contributed by atoms with Crippen molar-refractivity contribution >= 4 is 39.8 Å². The number of aliphatic carboxylic acids is 1. The maximum Gasteiger partial charge on any atom is 0.323 e. The van der Waals surface area contributed by atoms with Gasteiger partial charge in [-0.05, 0) is 48.9 Å². The lowest BCUT2D eigenvalue weighted by molar-refractivity contribution is -0.137. The van der Waals surface area contributed by atoms with Gasteiger partial charge in [0.1, 0.15) is 17.8 Å². The number of carbonyl (C=O) groups is 1. The lowest BCUT2D eigenvalue weighted by Crippen LogP contribution is -2.47. The number of carboxylic acid groups (broad SMARTS) is 1. The van der Waals surface area contributed by atoms with Crippen LogP contribution in [0.4, 0.5) is 11.6 Å². The molecule has 4 heterocycles. The number of fused-ring (bicyclic) bond motifs is 2. The van der Waals surface area contributed by atoms with Gasteiger partial charge >= 0.3 is 5.97 Å². The number of piperazine rings is 1. The van der Waals surface area contributed by atoms with E-state index in [4.69, 9.17) is 9.97 Å². The van der Waals surface area contributed by atoms with Crippen LogP contribution in [0.2, 0.25) is 0 Å². The normalized spacial score (nSPS) is 14.1. The number of aromatic nitrogens is 7. The number of aryl methyl sites for hydroxylation is 1. The number of nitrogens with zero attached hydrogens (tertiary/aromatic N) is 9. The van der Waals surface area contributed by atoms with Crippen molar-refractivity contribution in [1.82, 2.24) is 34.5 Å². The fourth-order valence-corrected chi connectivity index (χ4v) is 4.49. The molecule has 1 aliphatic heterocycles. The Labute approximate surface area is 205 Å². The third kappa shape index (κ3) is 3.82. The van der Waals surface area contributed by atoms with E-state index in [1.807, 2.05) is 37.3 Å². The quantitative estimate of drug-likeness (QED) is 0.380. The summed E-state index contributed by atoms with van der Waals surface area (Å²) < 4.78 is 3.13. The van der Waals surface area contributed by atoms with Crippen LogP contribution in [0.5, 0.6) is 5.75 Å². The second kappa shape index (κ2) is 8.48. The minimum absolute atomic E-state index is 0.236. The highest BCUT2D eigenvalue weighted by molar-refractivity contribution is 5.85. The van der Waals surface area contributed by atoms with Crippen LogP contribution in [0.25, 0.3) is 28.0 Å². The summed E-state index contributed by atoms with van der Waals surface area (Å²) in [4.78, 5) is 29.8. The number of benzene rings is 2. The van der Waals surface area contributed by atoms with Crippen LogP contribution in [0.3, 0.4) is 0 Å². The number of aromatic hydroxyl groups is 1. The molecule has 0 saturated carbocycles. The first kappa shape index (κ1) is 21.8. The van der Waals surface area contributed by atoms with E-state index in [1.165, 1.54) is 10.9 Å². The summed E-state index contributed by atoms with van der Waals surface area (Å²) in [7, 11) is 0. The Bertz CT molecular complexity index is 1580. The summed E-state index contributed by atoms with van der Waals surface area (Å²) in [6.45, 7) is 4.53. The van der Waals surface area contributed by atoms with Crippen LogP contribution in [0.15, 0.2) is 48.8 Å². The average Bonchev–Trinajstić information content (AvgIpc) is 3.47. The number of hydrogen-bond donors (Lipinski definition) is 2. The summed E-state index contributed by atoms with van der Waals surface area (Å²) in [6, 6.07) is 13.0. The number of anilines is 2. The second-order valence-corrected chi connectivity index (χ2v) is 8.77. The van der Waals surface area contributed by atoms with Crippen molar-refractivity contribution in [3.05, 3.63) is 54.4 Å². The maximum absolute atomic E-state index is 11.5. The Morgan fingerprint density at radius 2 is 1.75 bits per heavy atom. The van der Waals surface area contributed by atoms with Gasteiger partial charge in [-0.3, -0.25) is 4.79 Å². The first-order valence-corrected chi connectivity index (χ1v) is 11.5. The van der Waals surface area contributed by atoms with E-state index in [0.29, 0.717) is 36.0 Å². The molecule has 36 heavy (non-hydrogen) atoms. The van der Waals surface area contributed by atoms with Crippen LogP contribution >= 0.6 is 0 Å². The highest BCUT2D eigenvalue weighted by Gasteiger charge is 2.24. The smallest absolute Gasteiger partial charge is 0.323 e. The van der Waals surface area contributed by atoms with Crippen LogP contribution in [0, 0.1) is 6.92 Å². The third-order valence-corrected chi connectivity index (χ3v) is 6.32. The molecule has 0 atom stereocenters. The van der Waals surface area contributed by atoms with E-state index in [0.717, 1.165) is 35.4 Å². The van der Waals surface area contributed by atoms with E-state index in [2.05, 4.69) is 25.1 Å². The standard InChI is InChI=1S/C24H23N9O3/c1-15-2-7-19-18(12-15)28-29-33(19)23-21-22(32(14-25-21)13-20(35)36)26-24(27-23)31-10-8-30(9-11-31)16-3-5-17(34)6-4-16/h2-7,12,14,34H,8-11,13H2,1H3,(H,35,36). The summed E-state index contributed by atoms with van der Waals surface area (Å²) in [5, 5.41) is 27.6. The van der Waals surface area contributed by atoms with Gasteiger partial charge in [-0.2, -0.15) is 14.6 Å². The minimum Gasteiger partial charge on any atom is -0.508 e. The van der Waals surface area contributed by atoms with E-state index >= 15 is 0 Å². The third-order valence-electron chi connectivity index (χ3n) is 6.32. The molecule has 182 valence electrons. The monoisotopic (exact) mass is 485 g/mol. The van der Waals surface area contributed by atoms with Crippen molar-refractivity contribution < 1.29 is 15.0 Å². The van der Waals surface area contributed by atoms with Crippen molar-refractivity contribution in [3.63, 3.8) is 0 Å². The summed E-state index contributed by atoms with van der Waals surface area (Å²) >= 11 is 0. The molecular formula is C24H23N9O3. The van der Waals surface area contributed by atoms with Gasteiger partial charge in [0, 0.05) is 31.9 Å². The lowest BCUT2D eigenvalue weighted by Gasteiger charge is -2.36. The number of hydrogen-bond acceptors (Lipinski definition) is 9. The molecule has 0 radical (unpaired) electrons. The molecule has 0 spiro atoms. The van der Waals surface area contributed by atoms with Crippen LogP contribution < -0.4 is 9.80 Å². The fraction of sp³-hybridized carbons (Fsp3) is 0.250. The highest BCUT2D eigenvalue weighted by Crippen LogP contribution is 2.26. The Balaban J connectivity index is 1.40. The van der Waals surface area contributed by atoms with Gasteiger partial charge in [0.15, 0.2) is 17.0 Å². The zero-order chi connectivity index (χ0) is 24.8. The zero-order valence-electron chi connectivity index (χ0n) is 19.5. The Morgan fingerprint density at radius 3 is 2.50 bits per heavy atom. The van der Waals surface area contributed by atoms with E-state index in [-0.39, 0.29) is 12.3 Å². The zero-order valence-corrected chi connectivity index (χ0v) is 19.5. The topological polar surface area (TPSA) is 138 Å². The molecule has 6 rings (SSSR count). The molecule has 0 amide bonds. The van der Waals surface area contributed by atoms with Gasteiger partial charge < -0.3 is 24.6 Å². The average molecular weight is 486 g/mol. The Morgan fingerprint density at radius 1 is 1.00 bits per heavy atom. The van der Waals surface area contributed by atoms with E-state index in [1.54, 1.807) is 16.8 Å². The Kier molecular flexibility index (Phi) is 5.13. The molecule has 12 nitrogen and oxygen atoms in total.